The molecular weight excluding hydrogens is 354 g/mol. The van der Waals surface area contributed by atoms with Gasteiger partial charge >= 0.3 is 0 Å². The summed E-state index contributed by atoms with van der Waals surface area (Å²) in [6.07, 6.45) is 0.939. The van der Waals surface area contributed by atoms with Crippen LogP contribution in [0, 0.1) is 0 Å². The fourth-order valence-corrected chi connectivity index (χ4v) is 5.43. The fourth-order valence-electron chi connectivity index (χ4n) is 3.41. The molecule has 1 atom stereocenters. The molecule has 0 spiro atoms. The van der Waals surface area contributed by atoms with Crippen LogP contribution in [-0.4, -0.2) is 5.71 Å². The lowest BCUT2D eigenvalue weighted by Gasteiger charge is -2.14. The van der Waals surface area contributed by atoms with Gasteiger partial charge in [-0.1, -0.05) is 48.5 Å². The highest BCUT2D eigenvalue weighted by Crippen LogP contribution is 2.46. The summed E-state index contributed by atoms with van der Waals surface area (Å²) in [4.78, 5) is 6.34. The molecule has 1 aromatic heterocycles. The van der Waals surface area contributed by atoms with Crippen molar-refractivity contribution in [2.24, 2.45) is 4.99 Å². The second kappa shape index (κ2) is 6.75. The second-order valence-electron chi connectivity index (χ2n) is 6.46. The van der Waals surface area contributed by atoms with Crippen molar-refractivity contribution in [3.8, 4) is 0 Å². The molecule has 4 aromatic rings. The van der Waals surface area contributed by atoms with Crippen LogP contribution < -0.4 is 0 Å². The van der Waals surface area contributed by atoms with E-state index in [0.717, 1.165) is 12.1 Å². The first-order valence-electron chi connectivity index (χ1n) is 8.71. The summed E-state index contributed by atoms with van der Waals surface area (Å²) in [6.45, 7) is 0. The first-order valence-corrected chi connectivity index (χ1v) is 10.5. The van der Waals surface area contributed by atoms with E-state index in [-0.39, 0.29) is 0 Å². The highest BCUT2D eigenvalue weighted by molar-refractivity contribution is 7.99. The highest BCUT2D eigenvalue weighted by Gasteiger charge is 2.22. The maximum absolute atomic E-state index is 5.08. The van der Waals surface area contributed by atoms with Crippen molar-refractivity contribution >= 4 is 45.3 Å². The number of para-hydroxylation sites is 1. The van der Waals surface area contributed by atoms with Crippen LogP contribution in [0.1, 0.15) is 22.8 Å². The molecule has 3 aromatic carbocycles. The van der Waals surface area contributed by atoms with Crippen LogP contribution >= 0.6 is 23.1 Å². The van der Waals surface area contributed by atoms with Gasteiger partial charge in [-0.05, 0) is 56.9 Å². The lowest BCUT2D eigenvalue weighted by molar-refractivity contribution is 1.02. The molecule has 126 valence electrons. The Morgan fingerprint density at radius 3 is 2.58 bits per heavy atom. The summed E-state index contributed by atoms with van der Waals surface area (Å²) in [5.41, 5.74) is 4.87. The highest BCUT2D eigenvalue weighted by atomic mass is 32.2. The number of fused-ring (bicyclic) bond motifs is 2. The number of thiophene rings is 1. The van der Waals surface area contributed by atoms with Gasteiger partial charge in [-0.3, -0.25) is 4.99 Å². The molecule has 0 fully saturated rings. The van der Waals surface area contributed by atoms with Gasteiger partial charge in [0.25, 0.3) is 0 Å². The molecule has 1 aliphatic heterocycles. The third kappa shape index (κ3) is 2.98. The smallest absolute Gasteiger partial charge is 0.0769 e. The molecule has 0 amide bonds. The van der Waals surface area contributed by atoms with E-state index in [0.29, 0.717) is 5.25 Å². The average Bonchev–Trinajstić information content (AvgIpc) is 3.15. The molecule has 1 aliphatic rings. The number of hydrogen-bond acceptors (Lipinski definition) is 3. The van der Waals surface area contributed by atoms with Crippen LogP contribution in [0.5, 0.6) is 0 Å². The monoisotopic (exact) mass is 371 g/mol. The van der Waals surface area contributed by atoms with Gasteiger partial charge in [0.1, 0.15) is 0 Å². The summed E-state index contributed by atoms with van der Waals surface area (Å²) in [5.74, 6) is 0. The lowest BCUT2D eigenvalue weighted by Crippen LogP contribution is -2.04. The molecule has 5 rings (SSSR count). The van der Waals surface area contributed by atoms with Crippen molar-refractivity contribution in [2.75, 3.05) is 0 Å². The number of rotatable bonds is 2. The molecule has 1 nitrogen and oxygen atoms in total. The topological polar surface area (TPSA) is 12.4 Å². The number of aliphatic imine (C=N–C) groups is 1. The van der Waals surface area contributed by atoms with Gasteiger partial charge in [-0.25, -0.2) is 0 Å². The number of benzene rings is 3. The van der Waals surface area contributed by atoms with Crippen molar-refractivity contribution in [1.82, 2.24) is 0 Å². The molecule has 0 saturated heterocycles. The Hall–Kier alpha value is -2.36. The van der Waals surface area contributed by atoms with Gasteiger partial charge < -0.3 is 0 Å². The standard InChI is InChI=1S/C23H17NS2/c1-2-6-17-13-18(10-9-16(17)5-1)21-14-23(19-11-12-25-15-19)26-22-8-4-3-7-20(22)24-21/h1-13,15,23H,14H2. The van der Waals surface area contributed by atoms with Crippen LogP contribution in [0.25, 0.3) is 10.8 Å². The van der Waals surface area contributed by atoms with Gasteiger partial charge in [0.2, 0.25) is 0 Å². The Labute approximate surface area is 161 Å². The molecular formula is C23H17NS2. The zero-order valence-electron chi connectivity index (χ0n) is 14.1. The second-order valence-corrected chi connectivity index (χ2v) is 8.48. The molecule has 3 heteroatoms. The number of hydrogen-bond donors (Lipinski definition) is 0. The van der Waals surface area contributed by atoms with E-state index in [1.165, 1.54) is 32.5 Å². The van der Waals surface area contributed by atoms with E-state index < -0.39 is 0 Å². The van der Waals surface area contributed by atoms with Gasteiger partial charge in [0.15, 0.2) is 0 Å². The summed E-state index contributed by atoms with van der Waals surface area (Å²) >= 11 is 3.70. The summed E-state index contributed by atoms with van der Waals surface area (Å²) in [7, 11) is 0. The molecule has 2 heterocycles. The molecule has 26 heavy (non-hydrogen) atoms. The van der Waals surface area contributed by atoms with E-state index >= 15 is 0 Å². The summed E-state index contributed by atoms with van der Waals surface area (Å²) in [6, 6.07) is 25.9. The van der Waals surface area contributed by atoms with Gasteiger partial charge in [0.05, 0.1) is 5.69 Å². The van der Waals surface area contributed by atoms with Gasteiger partial charge in [-0.15, -0.1) is 11.8 Å². The molecule has 1 unspecified atom stereocenters. The van der Waals surface area contributed by atoms with Crippen molar-refractivity contribution in [2.45, 2.75) is 16.6 Å². The molecule has 0 aliphatic carbocycles. The zero-order valence-corrected chi connectivity index (χ0v) is 15.8. The van der Waals surface area contributed by atoms with Gasteiger partial charge in [-0.2, -0.15) is 11.3 Å². The quantitative estimate of drug-likeness (QED) is 0.361. The maximum atomic E-state index is 5.08. The first-order chi connectivity index (χ1) is 12.9. The molecule has 0 bridgehead atoms. The van der Waals surface area contributed by atoms with Crippen LogP contribution in [-0.2, 0) is 0 Å². The van der Waals surface area contributed by atoms with Crippen molar-refractivity contribution in [1.29, 1.82) is 0 Å². The third-order valence-electron chi connectivity index (χ3n) is 4.77. The lowest BCUT2D eigenvalue weighted by atomic mass is 9.99. The van der Waals surface area contributed by atoms with Gasteiger partial charge in [0, 0.05) is 22.3 Å². The minimum atomic E-state index is 0.398. The van der Waals surface area contributed by atoms with E-state index in [1.807, 2.05) is 11.8 Å². The maximum Gasteiger partial charge on any atom is 0.0769 e. The largest absolute Gasteiger partial charge is 0.252 e. The Bertz CT molecular complexity index is 1100. The SMILES string of the molecule is c1ccc2c(c1)N=C(c1ccc3ccccc3c1)CC(c1ccsc1)S2. The van der Waals surface area contributed by atoms with Crippen LogP contribution in [0.15, 0.2) is 93.4 Å². The Morgan fingerprint density at radius 2 is 1.69 bits per heavy atom. The zero-order chi connectivity index (χ0) is 17.3. The minimum Gasteiger partial charge on any atom is -0.252 e. The molecule has 0 radical (unpaired) electrons. The van der Waals surface area contributed by atoms with Crippen molar-refractivity contribution in [3.63, 3.8) is 0 Å². The summed E-state index contributed by atoms with van der Waals surface area (Å²) in [5, 5.41) is 7.37. The number of thioether (sulfide) groups is 1. The molecule has 0 N–H and O–H groups in total. The Morgan fingerprint density at radius 1 is 0.846 bits per heavy atom. The molecule has 0 saturated carbocycles. The van der Waals surface area contributed by atoms with Crippen molar-refractivity contribution < 1.29 is 0 Å². The van der Waals surface area contributed by atoms with E-state index in [2.05, 4.69) is 83.6 Å². The van der Waals surface area contributed by atoms with E-state index in [4.69, 9.17) is 4.99 Å². The minimum absolute atomic E-state index is 0.398. The van der Waals surface area contributed by atoms with Crippen LogP contribution in [0.4, 0.5) is 5.69 Å². The fraction of sp³-hybridized carbons (Fsp3) is 0.0870. The summed E-state index contributed by atoms with van der Waals surface area (Å²) < 4.78 is 0. The predicted molar refractivity (Wildman–Crippen MR) is 114 cm³/mol. The Balaban J connectivity index is 1.64. The van der Waals surface area contributed by atoms with Crippen molar-refractivity contribution in [3.05, 3.63) is 94.7 Å². The van der Waals surface area contributed by atoms with Crippen LogP contribution in [0.3, 0.4) is 0 Å². The first kappa shape index (κ1) is 15.9. The van der Waals surface area contributed by atoms with Crippen LogP contribution in [0.2, 0.25) is 0 Å². The van der Waals surface area contributed by atoms with E-state index in [1.54, 1.807) is 11.3 Å². The third-order valence-corrected chi connectivity index (χ3v) is 6.79. The normalized spacial score (nSPS) is 16.8. The number of nitrogens with zero attached hydrogens (tertiary/aromatic N) is 1. The Kier molecular flexibility index (Phi) is 4.12. The predicted octanol–water partition coefficient (Wildman–Crippen LogP) is 7.26. The average molecular weight is 372 g/mol. The van der Waals surface area contributed by atoms with E-state index in [9.17, 15) is 0 Å².